The van der Waals surface area contributed by atoms with E-state index in [1.54, 1.807) is 6.26 Å². The van der Waals surface area contributed by atoms with Gasteiger partial charge in [0.2, 0.25) is 5.90 Å². The molecular weight excluding hydrogens is 204 g/mol. The number of aromatic nitrogens is 1. The molecule has 0 radical (unpaired) electrons. The Hall–Kier alpha value is -2.10. The van der Waals surface area contributed by atoms with Crippen LogP contribution in [0.5, 0.6) is 0 Å². The minimum Gasteiger partial charge on any atom is -0.475 e. The van der Waals surface area contributed by atoms with Gasteiger partial charge in [-0.3, -0.25) is 0 Å². The maximum atomic E-state index is 5.47. The summed E-state index contributed by atoms with van der Waals surface area (Å²) < 4.78 is 10.3. The lowest BCUT2D eigenvalue weighted by molar-refractivity contribution is 0.348. The summed E-state index contributed by atoms with van der Waals surface area (Å²) in [4.78, 5) is 4.31. The van der Waals surface area contributed by atoms with E-state index < -0.39 is 0 Å². The topological polar surface area (TPSA) is 47.6 Å². The van der Waals surface area contributed by atoms with Crippen LogP contribution in [0.4, 0.5) is 0 Å². The number of rotatable bonds is 2. The third-order valence-corrected chi connectivity index (χ3v) is 2.46. The molecular formula is C12H10N2O2. The average Bonchev–Trinajstić information content (AvgIpc) is 3.03. The number of benzene rings is 1. The van der Waals surface area contributed by atoms with E-state index in [1.807, 2.05) is 30.3 Å². The number of nitrogens with zero attached hydrogens (tertiary/aromatic N) is 2. The van der Waals surface area contributed by atoms with E-state index in [2.05, 4.69) is 10.1 Å². The Morgan fingerprint density at radius 3 is 2.62 bits per heavy atom. The highest BCUT2D eigenvalue weighted by Gasteiger charge is 2.16. The second kappa shape index (κ2) is 3.81. The summed E-state index contributed by atoms with van der Waals surface area (Å²) in [5.41, 5.74) is 2.75. The highest BCUT2D eigenvalue weighted by molar-refractivity contribution is 6.00. The van der Waals surface area contributed by atoms with Crippen molar-refractivity contribution in [1.82, 2.24) is 5.16 Å². The summed E-state index contributed by atoms with van der Waals surface area (Å²) in [5.74, 6) is 0.693. The lowest BCUT2D eigenvalue weighted by Crippen LogP contribution is -2.03. The van der Waals surface area contributed by atoms with Crippen LogP contribution in [0.2, 0.25) is 0 Å². The molecule has 4 heteroatoms. The molecule has 2 heterocycles. The van der Waals surface area contributed by atoms with Gasteiger partial charge >= 0.3 is 0 Å². The Morgan fingerprint density at radius 2 is 1.94 bits per heavy atom. The van der Waals surface area contributed by atoms with Gasteiger partial charge in [-0.25, -0.2) is 4.99 Å². The molecule has 0 unspecified atom stereocenters. The molecule has 80 valence electrons. The van der Waals surface area contributed by atoms with Crippen LogP contribution in [-0.2, 0) is 4.74 Å². The molecule has 0 saturated heterocycles. The zero-order chi connectivity index (χ0) is 10.8. The van der Waals surface area contributed by atoms with Crippen molar-refractivity contribution >= 4 is 5.90 Å². The summed E-state index contributed by atoms with van der Waals surface area (Å²) in [7, 11) is 0. The van der Waals surface area contributed by atoms with E-state index in [-0.39, 0.29) is 0 Å². The SMILES string of the molecule is c1ccc(-c2ccon2)c(C2=NCCO2)c1. The lowest BCUT2D eigenvalue weighted by atomic mass is 10.0. The third kappa shape index (κ3) is 1.48. The van der Waals surface area contributed by atoms with Gasteiger partial charge in [-0.15, -0.1) is 0 Å². The average molecular weight is 214 g/mol. The first kappa shape index (κ1) is 9.15. The zero-order valence-corrected chi connectivity index (χ0v) is 8.59. The van der Waals surface area contributed by atoms with Crippen molar-refractivity contribution in [1.29, 1.82) is 0 Å². The molecule has 0 amide bonds. The van der Waals surface area contributed by atoms with E-state index >= 15 is 0 Å². The van der Waals surface area contributed by atoms with Crippen LogP contribution < -0.4 is 0 Å². The lowest BCUT2D eigenvalue weighted by Gasteiger charge is -2.06. The second-order valence-corrected chi connectivity index (χ2v) is 3.47. The van der Waals surface area contributed by atoms with Gasteiger partial charge < -0.3 is 9.26 Å². The normalized spacial score (nSPS) is 14.6. The predicted molar refractivity (Wildman–Crippen MR) is 59.3 cm³/mol. The smallest absolute Gasteiger partial charge is 0.216 e. The first-order valence-electron chi connectivity index (χ1n) is 5.12. The molecule has 0 atom stereocenters. The highest BCUT2D eigenvalue weighted by atomic mass is 16.5. The van der Waals surface area contributed by atoms with Crippen LogP contribution in [0, 0.1) is 0 Å². The van der Waals surface area contributed by atoms with Crippen molar-refractivity contribution in [3.8, 4) is 11.3 Å². The van der Waals surface area contributed by atoms with Gasteiger partial charge in [0.15, 0.2) is 0 Å². The molecule has 3 rings (SSSR count). The van der Waals surface area contributed by atoms with E-state index in [9.17, 15) is 0 Å². The minimum atomic E-state index is 0.655. The van der Waals surface area contributed by atoms with E-state index in [1.165, 1.54) is 0 Å². The Kier molecular flexibility index (Phi) is 2.18. The number of hydrogen-bond donors (Lipinski definition) is 0. The van der Waals surface area contributed by atoms with Gasteiger partial charge in [0.25, 0.3) is 0 Å². The molecule has 0 bridgehead atoms. The monoisotopic (exact) mass is 214 g/mol. The van der Waals surface area contributed by atoms with Crippen molar-refractivity contribution in [2.45, 2.75) is 0 Å². The minimum absolute atomic E-state index is 0.655. The summed E-state index contributed by atoms with van der Waals surface area (Å²) in [5, 5.41) is 3.93. The molecule has 0 aliphatic carbocycles. The fraction of sp³-hybridized carbons (Fsp3) is 0.167. The van der Waals surface area contributed by atoms with Gasteiger partial charge in [-0.05, 0) is 6.07 Å². The Labute approximate surface area is 92.6 Å². The van der Waals surface area contributed by atoms with Gasteiger partial charge in [0.05, 0.1) is 6.54 Å². The molecule has 1 aromatic carbocycles. The fourth-order valence-corrected chi connectivity index (χ4v) is 1.74. The molecule has 2 aromatic rings. The van der Waals surface area contributed by atoms with Crippen LogP contribution in [0.3, 0.4) is 0 Å². The van der Waals surface area contributed by atoms with Crippen molar-refractivity contribution < 1.29 is 9.26 Å². The molecule has 4 nitrogen and oxygen atoms in total. The highest BCUT2D eigenvalue weighted by Crippen LogP contribution is 2.23. The third-order valence-electron chi connectivity index (χ3n) is 2.46. The molecule has 0 saturated carbocycles. The van der Waals surface area contributed by atoms with Crippen molar-refractivity contribution in [2.24, 2.45) is 4.99 Å². The largest absolute Gasteiger partial charge is 0.475 e. The second-order valence-electron chi connectivity index (χ2n) is 3.47. The van der Waals surface area contributed by atoms with Crippen molar-refractivity contribution in [3.63, 3.8) is 0 Å². The Morgan fingerprint density at radius 1 is 1.06 bits per heavy atom. The van der Waals surface area contributed by atoms with E-state index in [4.69, 9.17) is 9.26 Å². The molecule has 1 aromatic heterocycles. The van der Waals surface area contributed by atoms with Crippen LogP contribution in [-0.4, -0.2) is 24.2 Å². The number of hydrogen-bond acceptors (Lipinski definition) is 4. The predicted octanol–water partition coefficient (Wildman–Crippen LogP) is 2.12. The molecule has 1 aliphatic heterocycles. The van der Waals surface area contributed by atoms with Crippen LogP contribution in [0.1, 0.15) is 5.56 Å². The van der Waals surface area contributed by atoms with E-state index in [0.29, 0.717) is 12.5 Å². The first-order chi connectivity index (χ1) is 7.95. The van der Waals surface area contributed by atoms with E-state index in [0.717, 1.165) is 23.4 Å². The quantitative estimate of drug-likeness (QED) is 0.769. The zero-order valence-electron chi connectivity index (χ0n) is 8.59. The van der Waals surface area contributed by atoms with Crippen LogP contribution >= 0.6 is 0 Å². The molecule has 1 aliphatic rings. The van der Waals surface area contributed by atoms with Crippen molar-refractivity contribution in [3.05, 3.63) is 42.2 Å². The van der Waals surface area contributed by atoms with Crippen LogP contribution in [0.25, 0.3) is 11.3 Å². The van der Waals surface area contributed by atoms with Gasteiger partial charge in [-0.1, -0.05) is 23.4 Å². The maximum Gasteiger partial charge on any atom is 0.216 e. The van der Waals surface area contributed by atoms with Gasteiger partial charge in [-0.2, -0.15) is 0 Å². The van der Waals surface area contributed by atoms with Crippen molar-refractivity contribution in [2.75, 3.05) is 13.2 Å². The first-order valence-corrected chi connectivity index (χ1v) is 5.12. The van der Waals surface area contributed by atoms with Gasteiger partial charge in [0, 0.05) is 17.2 Å². The Balaban J connectivity index is 2.11. The summed E-state index contributed by atoms with van der Waals surface area (Å²) >= 11 is 0. The van der Waals surface area contributed by atoms with Gasteiger partial charge in [0.1, 0.15) is 18.6 Å². The molecule has 16 heavy (non-hydrogen) atoms. The maximum absolute atomic E-state index is 5.47. The summed E-state index contributed by atoms with van der Waals surface area (Å²) in [6.07, 6.45) is 1.56. The summed E-state index contributed by atoms with van der Waals surface area (Å²) in [6.45, 7) is 1.38. The standard InChI is InChI=1S/C12H10N2O2/c1-2-4-10(12-13-6-8-15-12)9(3-1)11-5-7-16-14-11/h1-5,7H,6,8H2. The summed E-state index contributed by atoms with van der Waals surface area (Å²) in [6, 6.07) is 9.71. The van der Waals surface area contributed by atoms with Crippen LogP contribution in [0.15, 0.2) is 46.1 Å². The number of aliphatic imine (C=N–C) groups is 1. The molecule has 0 N–H and O–H groups in total. The molecule has 0 fully saturated rings. The fourth-order valence-electron chi connectivity index (χ4n) is 1.74. The number of ether oxygens (including phenoxy) is 1. The molecule has 0 spiro atoms. The Bertz CT molecular complexity index is 518.